The topological polar surface area (TPSA) is 97.4 Å². The number of aryl methyl sites for hydroxylation is 1. The van der Waals surface area contributed by atoms with E-state index >= 15 is 0 Å². The third kappa shape index (κ3) is 7.13. The summed E-state index contributed by atoms with van der Waals surface area (Å²) in [6.07, 6.45) is 2.97. The molecule has 0 unspecified atom stereocenters. The number of carbonyl (C=O) groups is 1. The normalized spacial score (nSPS) is 13.4. The Kier molecular flexibility index (Phi) is 9.30. The molecule has 212 valence electrons. The van der Waals surface area contributed by atoms with Crippen LogP contribution in [0.3, 0.4) is 0 Å². The average molecular weight is 571 g/mol. The molecule has 0 radical (unpaired) electrons. The van der Waals surface area contributed by atoms with E-state index < -0.39 is 4.92 Å². The van der Waals surface area contributed by atoms with Gasteiger partial charge in [-0.25, -0.2) is 0 Å². The number of carbonyl (C=O) groups excluding carboxylic acids is 1. The fraction of sp³-hybridized carbons (Fsp3) is 0.323. The van der Waals surface area contributed by atoms with Crippen LogP contribution >= 0.6 is 11.8 Å². The summed E-state index contributed by atoms with van der Waals surface area (Å²) in [5.74, 6) is 1.96. The van der Waals surface area contributed by atoms with E-state index in [-0.39, 0.29) is 11.6 Å². The maximum atomic E-state index is 12.8. The zero-order valence-corrected chi connectivity index (χ0v) is 24.0. The summed E-state index contributed by atoms with van der Waals surface area (Å²) in [6.45, 7) is 4.87. The second-order valence-corrected chi connectivity index (χ2v) is 11.2. The number of nitrogens with zero attached hydrogens (tertiary/aromatic N) is 6. The first-order valence-electron chi connectivity index (χ1n) is 13.9. The van der Waals surface area contributed by atoms with Crippen LogP contribution in [0.2, 0.25) is 0 Å². The van der Waals surface area contributed by atoms with Crippen LogP contribution in [0.4, 0.5) is 11.4 Å². The number of para-hydroxylation sites is 1. The van der Waals surface area contributed by atoms with Crippen molar-refractivity contribution >= 4 is 29.0 Å². The van der Waals surface area contributed by atoms with E-state index in [4.69, 9.17) is 0 Å². The SMILES string of the molecule is Cc1ccccc1-n1c(Cc2ccccc2)nnc1SCCCCC(=O)N1CCN(c2ccc([N+](=O)[O-])cc2)CC1. The van der Waals surface area contributed by atoms with E-state index in [1.54, 1.807) is 23.9 Å². The highest BCUT2D eigenvalue weighted by atomic mass is 32.2. The van der Waals surface area contributed by atoms with Crippen LogP contribution in [0.1, 0.15) is 36.2 Å². The quantitative estimate of drug-likeness (QED) is 0.0990. The van der Waals surface area contributed by atoms with Gasteiger partial charge in [0, 0.05) is 62.6 Å². The molecule has 4 aromatic rings. The molecule has 0 N–H and O–H groups in total. The fourth-order valence-electron chi connectivity index (χ4n) is 5.04. The van der Waals surface area contributed by atoms with E-state index in [1.807, 2.05) is 35.2 Å². The Hall–Kier alpha value is -4.18. The zero-order valence-electron chi connectivity index (χ0n) is 23.2. The Morgan fingerprint density at radius 1 is 0.902 bits per heavy atom. The molecule has 1 aliphatic rings. The number of hydrogen-bond acceptors (Lipinski definition) is 7. The van der Waals surface area contributed by atoms with Gasteiger partial charge in [-0.2, -0.15) is 0 Å². The Balaban J connectivity index is 1.11. The molecule has 0 bridgehead atoms. The number of piperazine rings is 1. The van der Waals surface area contributed by atoms with Crippen molar-refractivity contribution in [2.45, 2.75) is 37.8 Å². The summed E-state index contributed by atoms with van der Waals surface area (Å²) < 4.78 is 2.17. The molecule has 0 saturated carbocycles. The lowest BCUT2D eigenvalue weighted by molar-refractivity contribution is -0.384. The van der Waals surface area contributed by atoms with E-state index in [0.717, 1.165) is 54.0 Å². The Labute approximate surface area is 244 Å². The molecule has 3 aromatic carbocycles. The molecule has 1 aromatic heterocycles. The maximum Gasteiger partial charge on any atom is 0.269 e. The first kappa shape index (κ1) is 28.4. The minimum atomic E-state index is -0.391. The van der Waals surface area contributed by atoms with Crippen LogP contribution in [0.25, 0.3) is 5.69 Å². The van der Waals surface area contributed by atoms with Crippen LogP contribution in [0.5, 0.6) is 0 Å². The molecular weight excluding hydrogens is 536 g/mol. The standard InChI is InChI=1S/C31H34N6O3S/c1-24-9-5-6-12-28(24)36-29(23-25-10-3-2-4-11-25)32-33-31(36)41-22-8-7-13-30(38)35-20-18-34(19-21-35)26-14-16-27(17-15-26)37(39)40/h2-6,9-12,14-17H,7-8,13,18-23H2,1H3. The van der Waals surface area contributed by atoms with Crippen LogP contribution in [0, 0.1) is 17.0 Å². The number of unbranched alkanes of at least 4 members (excludes halogenated alkanes) is 1. The van der Waals surface area contributed by atoms with Crippen LogP contribution in [-0.4, -0.2) is 62.4 Å². The summed E-state index contributed by atoms with van der Waals surface area (Å²) in [6, 6.07) is 25.2. The summed E-state index contributed by atoms with van der Waals surface area (Å²) in [5.41, 5.74) is 4.49. The number of non-ortho nitro benzene ring substituents is 1. The summed E-state index contributed by atoms with van der Waals surface area (Å²) >= 11 is 1.69. The number of aromatic nitrogens is 3. The predicted molar refractivity (Wildman–Crippen MR) is 162 cm³/mol. The number of nitro groups is 1. The number of rotatable bonds is 11. The van der Waals surface area contributed by atoms with Gasteiger partial charge in [0.2, 0.25) is 5.91 Å². The molecule has 9 nitrogen and oxygen atoms in total. The van der Waals surface area contributed by atoms with E-state index in [2.05, 4.69) is 50.9 Å². The molecule has 0 atom stereocenters. The van der Waals surface area contributed by atoms with Crippen LogP contribution in [0.15, 0.2) is 84.0 Å². The average Bonchev–Trinajstić information content (AvgIpc) is 3.39. The molecule has 2 heterocycles. The van der Waals surface area contributed by atoms with Crippen molar-refractivity contribution in [3.05, 3.63) is 106 Å². The van der Waals surface area contributed by atoms with Gasteiger partial charge in [-0.15, -0.1) is 10.2 Å². The highest BCUT2D eigenvalue weighted by molar-refractivity contribution is 7.99. The highest BCUT2D eigenvalue weighted by Gasteiger charge is 2.22. The summed E-state index contributed by atoms with van der Waals surface area (Å²) in [7, 11) is 0. The van der Waals surface area contributed by atoms with Gasteiger partial charge in [-0.3, -0.25) is 19.5 Å². The number of amides is 1. The van der Waals surface area contributed by atoms with E-state index in [1.165, 1.54) is 23.3 Å². The molecule has 0 aliphatic carbocycles. The molecule has 41 heavy (non-hydrogen) atoms. The van der Waals surface area contributed by atoms with Crippen LogP contribution in [-0.2, 0) is 11.2 Å². The number of benzene rings is 3. The maximum absolute atomic E-state index is 12.8. The van der Waals surface area contributed by atoms with Crippen molar-refractivity contribution in [3.63, 3.8) is 0 Å². The molecule has 1 amide bonds. The third-order valence-electron chi connectivity index (χ3n) is 7.34. The number of thioether (sulfide) groups is 1. The van der Waals surface area contributed by atoms with Crippen molar-refractivity contribution in [2.75, 3.05) is 36.8 Å². The van der Waals surface area contributed by atoms with Crippen molar-refractivity contribution in [1.82, 2.24) is 19.7 Å². The van der Waals surface area contributed by atoms with Crippen molar-refractivity contribution in [2.24, 2.45) is 0 Å². The number of hydrogen-bond donors (Lipinski definition) is 0. The predicted octanol–water partition coefficient (Wildman–Crippen LogP) is 5.69. The van der Waals surface area contributed by atoms with Gasteiger partial charge in [0.25, 0.3) is 5.69 Å². The second kappa shape index (κ2) is 13.5. The van der Waals surface area contributed by atoms with E-state index in [9.17, 15) is 14.9 Å². The third-order valence-corrected chi connectivity index (χ3v) is 8.35. The summed E-state index contributed by atoms with van der Waals surface area (Å²) in [4.78, 5) is 27.4. The number of anilines is 1. The van der Waals surface area contributed by atoms with Gasteiger partial charge in [0.15, 0.2) is 5.16 Å². The Morgan fingerprint density at radius 3 is 2.32 bits per heavy atom. The van der Waals surface area contributed by atoms with Gasteiger partial charge < -0.3 is 9.80 Å². The van der Waals surface area contributed by atoms with E-state index in [0.29, 0.717) is 25.9 Å². The molecule has 10 heteroatoms. The minimum absolute atomic E-state index is 0.0868. The lowest BCUT2D eigenvalue weighted by Gasteiger charge is -2.36. The van der Waals surface area contributed by atoms with Crippen LogP contribution < -0.4 is 4.90 Å². The van der Waals surface area contributed by atoms with Gasteiger partial charge in [-0.05, 0) is 49.1 Å². The highest BCUT2D eigenvalue weighted by Crippen LogP contribution is 2.27. The molecule has 1 fully saturated rings. The smallest absolute Gasteiger partial charge is 0.269 e. The first-order valence-corrected chi connectivity index (χ1v) is 14.9. The van der Waals surface area contributed by atoms with Gasteiger partial charge >= 0.3 is 0 Å². The lowest BCUT2D eigenvalue weighted by atomic mass is 10.1. The first-order chi connectivity index (χ1) is 20.0. The molecule has 0 spiro atoms. The Bertz CT molecular complexity index is 1470. The Morgan fingerprint density at radius 2 is 1.61 bits per heavy atom. The van der Waals surface area contributed by atoms with Crippen molar-refractivity contribution in [3.8, 4) is 5.69 Å². The largest absolute Gasteiger partial charge is 0.368 e. The fourth-order valence-corrected chi connectivity index (χ4v) is 6.00. The molecule has 1 aliphatic heterocycles. The monoisotopic (exact) mass is 570 g/mol. The van der Waals surface area contributed by atoms with Gasteiger partial charge in [-0.1, -0.05) is 60.3 Å². The molecular formula is C31H34N6O3S. The van der Waals surface area contributed by atoms with Gasteiger partial charge in [0.05, 0.1) is 10.6 Å². The number of nitro benzene ring substituents is 1. The summed E-state index contributed by atoms with van der Waals surface area (Å²) in [5, 5.41) is 20.9. The van der Waals surface area contributed by atoms with Gasteiger partial charge in [0.1, 0.15) is 5.82 Å². The molecule has 5 rings (SSSR count). The van der Waals surface area contributed by atoms with Crippen molar-refractivity contribution < 1.29 is 9.72 Å². The minimum Gasteiger partial charge on any atom is -0.368 e. The van der Waals surface area contributed by atoms with Crippen molar-refractivity contribution in [1.29, 1.82) is 0 Å². The lowest BCUT2D eigenvalue weighted by Crippen LogP contribution is -2.48. The molecule has 1 saturated heterocycles. The second-order valence-electron chi connectivity index (χ2n) is 10.1. The zero-order chi connectivity index (χ0) is 28.6.